The Balaban J connectivity index is 2.46. The summed E-state index contributed by atoms with van der Waals surface area (Å²) in [5.74, 6) is -1.22. The number of carbonyl (C=O) groups excluding carboxylic acids is 1. The van der Waals surface area contributed by atoms with Crippen LogP contribution in [0.25, 0.3) is 0 Å². The van der Waals surface area contributed by atoms with Gasteiger partial charge in [-0.1, -0.05) is 0 Å². The van der Waals surface area contributed by atoms with Crippen LogP contribution in [0, 0.1) is 5.41 Å². The lowest BCUT2D eigenvalue weighted by Crippen LogP contribution is -2.57. The molecule has 0 aromatic carbocycles. The topological polar surface area (TPSA) is 87.7 Å². The first-order valence-corrected chi connectivity index (χ1v) is 7.03. The molecule has 0 radical (unpaired) electrons. The summed E-state index contributed by atoms with van der Waals surface area (Å²) in [7, 11) is 0. The third-order valence-corrected chi connectivity index (χ3v) is 4.29. The van der Waals surface area contributed by atoms with Crippen LogP contribution < -0.4 is 10.6 Å². The number of nitrogens with one attached hydrogen (secondary N) is 2. The molecular weight excluding hydrogens is 260 g/mol. The van der Waals surface area contributed by atoms with Crippen LogP contribution >= 0.6 is 0 Å². The summed E-state index contributed by atoms with van der Waals surface area (Å²) in [6, 6.07) is 0. The largest absolute Gasteiger partial charge is 0.481 e. The van der Waals surface area contributed by atoms with Gasteiger partial charge in [0.25, 0.3) is 0 Å². The molecule has 1 heterocycles. The van der Waals surface area contributed by atoms with E-state index in [0.717, 1.165) is 25.9 Å². The quantitative estimate of drug-likeness (QED) is 0.671. The van der Waals surface area contributed by atoms with Crippen molar-refractivity contribution in [3.8, 4) is 0 Å². The molecular formula is C14H26N2O4. The van der Waals surface area contributed by atoms with Crippen LogP contribution in [0.4, 0.5) is 0 Å². The first-order valence-electron chi connectivity index (χ1n) is 7.03. The second kappa shape index (κ2) is 6.54. The summed E-state index contributed by atoms with van der Waals surface area (Å²) in [5.41, 5.74) is -1.91. The zero-order chi connectivity index (χ0) is 15.4. The van der Waals surface area contributed by atoms with E-state index in [0.29, 0.717) is 0 Å². The van der Waals surface area contributed by atoms with Gasteiger partial charge in [0, 0.05) is 0 Å². The van der Waals surface area contributed by atoms with Gasteiger partial charge < -0.3 is 20.5 Å². The molecule has 6 nitrogen and oxygen atoms in total. The van der Waals surface area contributed by atoms with E-state index in [1.54, 1.807) is 27.7 Å². The van der Waals surface area contributed by atoms with Crippen molar-refractivity contribution >= 4 is 11.9 Å². The Labute approximate surface area is 120 Å². The highest BCUT2D eigenvalue weighted by Crippen LogP contribution is 2.30. The Morgan fingerprint density at radius 3 is 2.30 bits per heavy atom. The molecule has 0 unspecified atom stereocenters. The van der Waals surface area contributed by atoms with Gasteiger partial charge in [0.15, 0.2) is 0 Å². The summed E-state index contributed by atoms with van der Waals surface area (Å²) in [6.45, 7) is 8.41. The van der Waals surface area contributed by atoms with Crippen LogP contribution in [0.5, 0.6) is 0 Å². The van der Waals surface area contributed by atoms with E-state index in [4.69, 9.17) is 4.74 Å². The van der Waals surface area contributed by atoms with E-state index in [1.165, 1.54) is 0 Å². The number of piperidine rings is 1. The lowest BCUT2D eigenvalue weighted by Gasteiger charge is -2.38. The molecule has 0 bridgehead atoms. The maximum absolute atomic E-state index is 11.9. The van der Waals surface area contributed by atoms with Gasteiger partial charge in [-0.3, -0.25) is 9.59 Å². The van der Waals surface area contributed by atoms with Gasteiger partial charge in [0.1, 0.15) is 6.61 Å². The number of carboxylic acids is 1. The summed E-state index contributed by atoms with van der Waals surface area (Å²) in [5, 5.41) is 15.2. The number of hydrogen-bond acceptors (Lipinski definition) is 4. The minimum Gasteiger partial charge on any atom is -0.481 e. The van der Waals surface area contributed by atoms with Gasteiger partial charge in [0.05, 0.1) is 17.1 Å². The molecule has 1 fully saturated rings. The Kier molecular flexibility index (Phi) is 5.53. The van der Waals surface area contributed by atoms with Crippen molar-refractivity contribution in [3.63, 3.8) is 0 Å². The van der Waals surface area contributed by atoms with Gasteiger partial charge in [-0.2, -0.15) is 0 Å². The third kappa shape index (κ3) is 4.18. The summed E-state index contributed by atoms with van der Waals surface area (Å²) >= 11 is 0. The second-order valence-electron chi connectivity index (χ2n) is 6.36. The monoisotopic (exact) mass is 286 g/mol. The maximum atomic E-state index is 11.9. The van der Waals surface area contributed by atoms with Crippen molar-refractivity contribution in [2.24, 2.45) is 5.41 Å². The number of rotatable bonds is 6. The predicted molar refractivity (Wildman–Crippen MR) is 75.5 cm³/mol. The molecule has 0 spiro atoms. The van der Waals surface area contributed by atoms with Crippen molar-refractivity contribution in [3.05, 3.63) is 0 Å². The van der Waals surface area contributed by atoms with E-state index >= 15 is 0 Å². The van der Waals surface area contributed by atoms with Crippen LogP contribution in [0.2, 0.25) is 0 Å². The molecule has 0 aliphatic carbocycles. The molecule has 116 valence electrons. The lowest BCUT2D eigenvalue weighted by atomic mass is 9.74. The SMILES string of the molecule is CC(C)(NC(=O)COC1CCNCC1)C(C)(C)C(=O)O. The van der Waals surface area contributed by atoms with Gasteiger partial charge in [0.2, 0.25) is 5.91 Å². The van der Waals surface area contributed by atoms with E-state index in [1.807, 2.05) is 0 Å². The average molecular weight is 286 g/mol. The molecule has 0 aromatic heterocycles. The van der Waals surface area contributed by atoms with Crippen LogP contribution in [0.3, 0.4) is 0 Å². The average Bonchev–Trinajstić information content (AvgIpc) is 2.36. The highest BCUT2D eigenvalue weighted by molar-refractivity contribution is 5.81. The molecule has 1 aliphatic heterocycles. The Hall–Kier alpha value is -1.14. The van der Waals surface area contributed by atoms with Gasteiger partial charge in [-0.15, -0.1) is 0 Å². The molecule has 0 saturated carbocycles. The fourth-order valence-corrected chi connectivity index (χ4v) is 1.96. The van der Waals surface area contributed by atoms with Crippen molar-refractivity contribution in [1.82, 2.24) is 10.6 Å². The smallest absolute Gasteiger partial charge is 0.311 e. The molecule has 1 amide bonds. The molecule has 1 rings (SSSR count). The van der Waals surface area contributed by atoms with E-state index in [-0.39, 0.29) is 18.6 Å². The normalized spacial score (nSPS) is 17.8. The number of carboxylic acid groups (broad SMARTS) is 1. The number of amides is 1. The first kappa shape index (κ1) is 16.9. The molecule has 6 heteroatoms. The molecule has 20 heavy (non-hydrogen) atoms. The number of hydrogen-bond donors (Lipinski definition) is 3. The maximum Gasteiger partial charge on any atom is 0.311 e. The fraction of sp³-hybridized carbons (Fsp3) is 0.857. The van der Waals surface area contributed by atoms with E-state index in [9.17, 15) is 14.7 Å². The lowest BCUT2D eigenvalue weighted by molar-refractivity contribution is -0.152. The minimum atomic E-state index is -1.06. The number of aliphatic carboxylic acids is 1. The molecule has 1 saturated heterocycles. The zero-order valence-corrected chi connectivity index (χ0v) is 12.8. The Bertz CT molecular complexity index is 360. The van der Waals surface area contributed by atoms with Crippen LogP contribution in [-0.4, -0.2) is 48.3 Å². The standard InChI is InChI=1S/C14H26N2O4/c1-13(2,12(18)19)14(3,4)16-11(17)9-20-10-5-7-15-8-6-10/h10,15H,5-9H2,1-4H3,(H,16,17)(H,18,19). The Morgan fingerprint density at radius 2 is 1.80 bits per heavy atom. The molecule has 0 aromatic rings. The predicted octanol–water partition coefficient (Wildman–Crippen LogP) is 0.761. The molecule has 1 aliphatic rings. The number of carbonyl (C=O) groups is 2. The summed E-state index contributed by atoms with van der Waals surface area (Å²) in [4.78, 5) is 23.2. The first-order chi connectivity index (χ1) is 9.17. The van der Waals surface area contributed by atoms with Crippen molar-refractivity contribution in [1.29, 1.82) is 0 Å². The third-order valence-electron chi connectivity index (χ3n) is 4.29. The van der Waals surface area contributed by atoms with Gasteiger partial charge in [-0.05, 0) is 53.6 Å². The number of ether oxygens (including phenoxy) is 1. The van der Waals surface area contributed by atoms with E-state index < -0.39 is 16.9 Å². The highest BCUT2D eigenvalue weighted by Gasteiger charge is 2.44. The fourth-order valence-electron chi connectivity index (χ4n) is 1.96. The summed E-state index contributed by atoms with van der Waals surface area (Å²) in [6.07, 6.45) is 1.91. The van der Waals surface area contributed by atoms with Crippen molar-refractivity contribution in [2.75, 3.05) is 19.7 Å². The zero-order valence-electron chi connectivity index (χ0n) is 12.8. The van der Waals surface area contributed by atoms with Gasteiger partial charge in [-0.25, -0.2) is 0 Å². The highest BCUT2D eigenvalue weighted by atomic mass is 16.5. The second-order valence-corrected chi connectivity index (χ2v) is 6.36. The van der Waals surface area contributed by atoms with Crippen LogP contribution in [-0.2, 0) is 14.3 Å². The van der Waals surface area contributed by atoms with E-state index in [2.05, 4.69) is 10.6 Å². The Morgan fingerprint density at radius 1 is 1.25 bits per heavy atom. The van der Waals surface area contributed by atoms with Crippen molar-refractivity contribution in [2.45, 2.75) is 52.2 Å². The minimum absolute atomic E-state index is 0.0240. The van der Waals surface area contributed by atoms with Crippen molar-refractivity contribution < 1.29 is 19.4 Å². The molecule has 0 atom stereocenters. The van der Waals surface area contributed by atoms with Gasteiger partial charge >= 0.3 is 5.97 Å². The summed E-state index contributed by atoms with van der Waals surface area (Å²) < 4.78 is 5.56. The molecule has 3 N–H and O–H groups in total. The van der Waals surface area contributed by atoms with Crippen LogP contribution in [0.15, 0.2) is 0 Å². The van der Waals surface area contributed by atoms with Crippen LogP contribution in [0.1, 0.15) is 40.5 Å².